The second-order valence-corrected chi connectivity index (χ2v) is 6.65. The van der Waals surface area contributed by atoms with Gasteiger partial charge >= 0.3 is 0 Å². The first-order valence-corrected chi connectivity index (χ1v) is 9.03. The second-order valence-electron chi connectivity index (χ2n) is 6.65. The van der Waals surface area contributed by atoms with Gasteiger partial charge in [0.1, 0.15) is 12.1 Å². The van der Waals surface area contributed by atoms with Crippen molar-refractivity contribution in [2.45, 2.75) is 37.8 Å². The summed E-state index contributed by atoms with van der Waals surface area (Å²) in [4.78, 5) is 20.2. The number of aliphatic hydroxyl groups is 1. The molecule has 0 unspecified atom stereocenters. The van der Waals surface area contributed by atoms with Crippen LogP contribution >= 0.6 is 0 Å². The Hall–Kier alpha value is -3.07. The van der Waals surface area contributed by atoms with Gasteiger partial charge in [0, 0.05) is 24.3 Å². The Labute approximate surface area is 155 Å². The van der Waals surface area contributed by atoms with Gasteiger partial charge in [-0.2, -0.15) is 9.67 Å². The van der Waals surface area contributed by atoms with E-state index < -0.39 is 6.61 Å². The molecule has 0 spiro atoms. The van der Waals surface area contributed by atoms with Crippen LogP contribution < -0.4 is 10.6 Å². The molecule has 1 aliphatic carbocycles. The predicted molar refractivity (Wildman–Crippen MR) is 99.4 cm³/mol. The van der Waals surface area contributed by atoms with Gasteiger partial charge < -0.3 is 15.7 Å². The molecule has 1 aromatic carbocycles. The number of benzene rings is 1. The highest BCUT2D eigenvalue weighted by atomic mass is 16.3. The number of hydrogen-bond acceptors (Lipinski definition) is 7. The van der Waals surface area contributed by atoms with Crippen LogP contribution in [0.15, 0.2) is 36.5 Å². The van der Waals surface area contributed by atoms with Gasteiger partial charge in [0.05, 0.1) is 5.52 Å². The number of para-hydroxylation sites is 1. The molecule has 9 heteroatoms. The Morgan fingerprint density at radius 2 is 1.93 bits per heavy atom. The molecule has 2 aromatic heterocycles. The summed E-state index contributed by atoms with van der Waals surface area (Å²) in [5.74, 6) is 0.891. The van der Waals surface area contributed by atoms with Crippen molar-refractivity contribution < 1.29 is 9.90 Å². The van der Waals surface area contributed by atoms with Crippen LogP contribution in [0.25, 0.3) is 16.9 Å². The van der Waals surface area contributed by atoms with Gasteiger partial charge in [-0.15, -0.1) is 5.10 Å². The number of aromatic nitrogens is 5. The fraction of sp³-hybridized carbons (Fsp3) is 0.389. The van der Waals surface area contributed by atoms with Crippen LogP contribution in [-0.2, 0) is 4.79 Å². The molecule has 2 heterocycles. The summed E-state index contributed by atoms with van der Waals surface area (Å²) in [6.07, 6.45) is 5.22. The van der Waals surface area contributed by atoms with Crippen LogP contribution in [0, 0.1) is 0 Å². The number of carbonyl (C=O) groups excluding carboxylic acids is 1. The predicted octanol–water partition coefficient (Wildman–Crippen LogP) is 1.04. The lowest BCUT2D eigenvalue weighted by molar-refractivity contribution is -0.124. The summed E-state index contributed by atoms with van der Waals surface area (Å²) in [6.45, 7) is -0.463. The summed E-state index contributed by atoms with van der Waals surface area (Å²) in [6, 6.07) is 9.89. The van der Waals surface area contributed by atoms with Crippen molar-refractivity contribution in [1.29, 1.82) is 0 Å². The SMILES string of the molecule is O=C(CO)NC1CCC(Nc2nccc(-n3nnc4ccccc43)n2)CC1. The number of rotatable bonds is 5. The Bertz CT molecular complexity index is 934. The Morgan fingerprint density at radius 1 is 1.15 bits per heavy atom. The molecule has 3 aromatic rings. The largest absolute Gasteiger partial charge is 0.387 e. The first-order valence-electron chi connectivity index (χ1n) is 9.03. The maximum atomic E-state index is 11.3. The monoisotopic (exact) mass is 367 g/mol. The number of nitrogens with zero attached hydrogens (tertiary/aromatic N) is 5. The third-order valence-corrected chi connectivity index (χ3v) is 4.78. The molecule has 0 saturated heterocycles. The average Bonchev–Trinajstić information content (AvgIpc) is 3.14. The third-order valence-electron chi connectivity index (χ3n) is 4.78. The van der Waals surface area contributed by atoms with Crippen molar-refractivity contribution >= 4 is 22.9 Å². The van der Waals surface area contributed by atoms with Crippen LogP contribution in [0.5, 0.6) is 0 Å². The zero-order chi connectivity index (χ0) is 18.6. The minimum atomic E-state index is -0.463. The zero-order valence-corrected chi connectivity index (χ0v) is 14.7. The molecule has 27 heavy (non-hydrogen) atoms. The van der Waals surface area contributed by atoms with Gasteiger partial charge in [0.2, 0.25) is 11.9 Å². The molecule has 0 atom stereocenters. The standard InChI is InChI=1S/C18H21N7O2/c26-11-17(27)20-12-5-7-13(8-6-12)21-18-19-10-9-16(22-18)25-15-4-2-1-3-14(15)23-24-25/h1-4,9-10,12-13,26H,5-8,11H2,(H,20,27)(H,19,21,22). The van der Waals surface area contributed by atoms with Crippen LogP contribution in [0.1, 0.15) is 25.7 Å². The van der Waals surface area contributed by atoms with Gasteiger partial charge in [0.25, 0.3) is 0 Å². The highest BCUT2D eigenvalue weighted by Crippen LogP contribution is 2.22. The van der Waals surface area contributed by atoms with E-state index in [4.69, 9.17) is 5.11 Å². The number of carbonyl (C=O) groups is 1. The van der Waals surface area contributed by atoms with Crippen molar-refractivity contribution in [2.24, 2.45) is 0 Å². The van der Waals surface area contributed by atoms with E-state index in [2.05, 4.69) is 30.9 Å². The minimum Gasteiger partial charge on any atom is -0.387 e. The van der Waals surface area contributed by atoms with E-state index in [-0.39, 0.29) is 18.0 Å². The number of aliphatic hydroxyl groups excluding tert-OH is 1. The van der Waals surface area contributed by atoms with Gasteiger partial charge in [0.15, 0.2) is 5.82 Å². The van der Waals surface area contributed by atoms with Crippen molar-refractivity contribution in [1.82, 2.24) is 30.3 Å². The number of hydrogen-bond donors (Lipinski definition) is 3. The van der Waals surface area contributed by atoms with Crippen molar-refractivity contribution in [3.05, 3.63) is 36.5 Å². The molecule has 140 valence electrons. The lowest BCUT2D eigenvalue weighted by atomic mass is 9.91. The summed E-state index contributed by atoms with van der Waals surface area (Å²) in [7, 11) is 0. The summed E-state index contributed by atoms with van der Waals surface area (Å²) in [5.41, 5.74) is 1.70. The fourth-order valence-electron chi connectivity index (χ4n) is 3.41. The molecule has 1 aliphatic rings. The van der Waals surface area contributed by atoms with Crippen LogP contribution in [0.2, 0.25) is 0 Å². The van der Waals surface area contributed by atoms with Gasteiger partial charge in [-0.05, 0) is 37.8 Å². The summed E-state index contributed by atoms with van der Waals surface area (Å²) < 4.78 is 1.70. The molecule has 3 N–H and O–H groups in total. The molecule has 9 nitrogen and oxygen atoms in total. The number of amides is 1. The normalized spacial score (nSPS) is 19.7. The fourth-order valence-corrected chi connectivity index (χ4v) is 3.41. The van der Waals surface area contributed by atoms with Crippen LogP contribution in [0.3, 0.4) is 0 Å². The van der Waals surface area contributed by atoms with Crippen molar-refractivity contribution in [3.63, 3.8) is 0 Å². The molecule has 1 fully saturated rings. The molecule has 1 saturated carbocycles. The molecule has 0 bridgehead atoms. The lowest BCUT2D eigenvalue weighted by Gasteiger charge is -2.29. The quantitative estimate of drug-likeness (QED) is 0.617. The Morgan fingerprint density at radius 3 is 2.74 bits per heavy atom. The maximum absolute atomic E-state index is 11.3. The van der Waals surface area contributed by atoms with Crippen molar-refractivity contribution in [2.75, 3.05) is 11.9 Å². The van der Waals surface area contributed by atoms with Crippen molar-refractivity contribution in [3.8, 4) is 5.82 Å². The van der Waals surface area contributed by atoms with E-state index in [1.165, 1.54) is 0 Å². The van der Waals surface area contributed by atoms with Gasteiger partial charge in [-0.25, -0.2) is 4.98 Å². The second kappa shape index (κ2) is 7.67. The molecule has 0 aliphatic heterocycles. The third kappa shape index (κ3) is 3.87. The first kappa shape index (κ1) is 17.3. The average molecular weight is 367 g/mol. The Balaban J connectivity index is 1.43. The van der Waals surface area contributed by atoms with E-state index >= 15 is 0 Å². The number of nitrogens with one attached hydrogen (secondary N) is 2. The molecular weight excluding hydrogens is 346 g/mol. The van der Waals surface area contributed by atoms with Crippen LogP contribution in [-0.4, -0.2) is 54.7 Å². The highest BCUT2D eigenvalue weighted by Gasteiger charge is 2.22. The Kier molecular flexibility index (Phi) is 4.93. The molecule has 4 rings (SSSR count). The molecule has 1 amide bonds. The van der Waals surface area contributed by atoms with Crippen LogP contribution in [0.4, 0.5) is 5.95 Å². The van der Waals surface area contributed by atoms with E-state index in [0.717, 1.165) is 36.7 Å². The minimum absolute atomic E-state index is 0.122. The zero-order valence-electron chi connectivity index (χ0n) is 14.7. The van der Waals surface area contributed by atoms with Gasteiger partial charge in [-0.1, -0.05) is 17.3 Å². The topological polar surface area (TPSA) is 118 Å². The van der Waals surface area contributed by atoms with E-state index in [0.29, 0.717) is 11.8 Å². The lowest BCUT2D eigenvalue weighted by Crippen LogP contribution is -2.41. The summed E-state index contributed by atoms with van der Waals surface area (Å²) in [5, 5.41) is 23.4. The summed E-state index contributed by atoms with van der Waals surface area (Å²) >= 11 is 0. The maximum Gasteiger partial charge on any atom is 0.245 e. The molecule has 0 radical (unpaired) electrons. The highest BCUT2D eigenvalue weighted by molar-refractivity contribution is 5.77. The smallest absolute Gasteiger partial charge is 0.245 e. The van der Waals surface area contributed by atoms with E-state index in [1.807, 2.05) is 24.3 Å². The van der Waals surface area contributed by atoms with E-state index in [1.54, 1.807) is 16.9 Å². The molecular formula is C18H21N7O2. The first-order chi connectivity index (χ1) is 13.2. The van der Waals surface area contributed by atoms with Gasteiger partial charge in [-0.3, -0.25) is 4.79 Å². The van der Waals surface area contributed by atoms with E-state index in [9.17, 15) is 4.79 Å². The number of fused-ring (bicyclic) bond motifs is 1. The number of anilines is 1.